The minimum absolute atomic E-state index is 0.456. The topological polar surface area (TPSA) is 49.3 Å². The van der Waals surface area contributed by atoms with Gasteiger partial charge in [-0.1, -0.05) is 6.58 Å². The molecule has 0 fully saturated rings. The summed E-state index contributed by atoms with van der Waals surface area (Å²) in [5, 5.41) is 10.4. The van der Waals surface area contributed by atoms with E-state index >= 15 is 0 Å². The van der Waals surface area contributed by atoms with Crippen molar-refractivity contribution < 1.29 is 9.90 Å². The van der Waals surface area contributed by atoms with E-state index in [9.17, 15) is 4.79 Å². The van der Waals surface area contributed by atoms with Crippen molar-refractivity contribution in [3.63, 3.8) is 0 Å². The average Bonchev–Trinajstić information content (AvgIpc) is 1.65. The molecule has 0 aromatic heterocycles. The van der Waals surface area contributed by atoms with Crippen LogP contribution in [0.25, 0.3) is 0 Å². The van der Waals surface area contributed by atoms with Crippen LogP contribution in [0.5, 0.6) is 0 Å². The maximum Gasteiger partial charge on any atom is 0.285 e. The molecule has 0 atom stereocenters. The van der Waals surface area contributed by atoms with Gasteiger partial charge in [0.25, 0.3) is 5.91 Å². The van der Waals surface area contributed by atoms with E-state index in [4.69, 9.17) is 5.11 Å². The van der Waals surface area contributed by atoms with Crippen LogP contribution in [0, 0.1) is 0 Å². The van der Waals surface area contributed by atoms with E-state index in [1.165, 1.54) is 7.05 Å². The Hall–Kier alpha value is -0.990. The zero-order valence-electron chi connectivity index (χ0n) is 4.06. The van der Waals surface area contributed by atoms with Crippen molar-refractivity contribution in [2.24, 2.45) is 0 Å². The number of carbonyl (C=O) groups excluding carboxylic acids is 1. The van der Waals surface area contributed by atoms with Crippen molar-refractivity contribution in [2.45, 2.75) is 0 Å². The zero-order valence-corrected chi connectivity index (χ0v) is 4.06. The summed E-state index contributed by atoms with van der Waals surface area (Å²) in [6.45, 7) is 2.97. The molecular weight excluding hydrogens is 94.0 g/mol. The highest BCUT2D eigenvalue weighted by Gasteiger charge is 1.96. The third-order valence-corrected chi connectivity index (χ3v) is 0.489. The number of nitrogens with one attached hydrogen (secondary N) is 1. The van der Waals surface area contributed by atoms with Gasteiger partial charge < -0.3 is 10.4 Å². The summed E-state index contributed by atoms with van der Waals surface area (Å²) in [7, 11) is 1.42. The first-order chi connectivity index (χ1) is 3.18. The fourth-order valence-corrected chi connectivity index (χ4v) is 0.144. The summed E-state index contributed by atoms with van der Waals surface area (Å²) in [4.78, 5) is 10.1. The van der Waals surface area contributed by atoms with E-state index in [0.29, 0.717) is 0 Å². The molecule has 0 aliphatic rings. The fourth-order valence-electron chi connectivity index (χ4n) is 0.144. The van der Waals surface area contributed by atoms with Crippen LogP contribution in [0.2, 0.25) is 0 Å². The molecule has 0 aliphatic carbocycles. The smallest absolute Gasteiger partial charge is 0.285 e. The molecule has 1 amide bonds. The van der Waals surface area contributed by atoms with Gasteiger partial charge in [-0.25, -0.2) is 0 Å². The molecule has 0 saturated carbocycles. The molecule has 0 aromatic carbocycles. The Morgan fingerprint density at radius 2 is 2.29 bits per heavy atom. The highest BCUT2D eigenvalue weighted by Crippen LogP contribution is 1.76. The van der Waals surface area contributed by atoms with E-state index < -0.39 is 11.7 Å². The van der Waals surface area contributed by atoms with Gasteiger partial charge in [0.15, 0.2) is 5.76 Å². The molecule has 0 unspecified atom stereocenters. The number of carbonyl (C=O) groups is 1. The largest absolute Gasteiger partial charge is 0.503 e. The average molecular weight is 101 g/mol. The molecule has 7 heavy (non-hydrogen) atoms. The monoisotopic (exact) mass is 101 g/mol. The van der Waals surface area contributed by atoms with Crippen molar-refractivity contribution in [1.82, 2.24) is 5.32 Å². The Morgan fingerprint density at radius 3 is 2.29 bits per heavy atom. The third-order valence-electron chi connectivity index (χ3n) is 0.489. The van der Waals surface area contributed by atoms with E-state index in [-0.39, 0.29) is 0 Å². The molecule has 3 heteroatoms. The predicted octanol–water partition coefficient (Wildman–Crippen LogP) is -0.196. The highest BCUT2D eigenvalue weighted by molar-refractivity contribution is 5.89. The van der Waals surface area contributed by atoms with Crippen molar-refractivity contribution in [1.29, 1.82) is 0 Å². The summed E-state index contributed by atoms with van der Waals surface area (Å²) < 4.78 is 0. The van der Waals surface area contributed by atoms with Crippen molar-refractivity contribution in [3.8, 4) is 0 Å². The molecule has 0 radical (unpaired) electrons. The second-order valence-corrected chi connectivity index (χ2v) is 1.03. The van der Waals surface area contributed by atoms with Crippen LogP contribution < -0.4 is 5.32 Å². The predicted molar refractivity (Wildman–Crippen MR) is 25.8 cm³/mol. The van der Waals surface area contributed by atoms with E-state index in [1.807, 2.05) is 0 Å². The first-order valence-corrected chi connectivity index (χ1v) is 1.78. The summed E-state index contributed by atoms with van der Waals surface area (Å²) in [5.74, 6) is -0.998. The first-order valence-electron chi connectivity index (χ1n) is 1.78. The molecular formula is C4H7NO2. The Labute approximate surface area is 41.7 Å². The standard InChI is InChI=1S/C4H7NO2/c1-3(6)4(7)5-2/h6H,1H2,2H3,(H,5,7). The van der Waals surface area contributed by atoms with E-state index in [1.54, 1.807) is 0 Å². The Bertz CT molecular complexity index is 97.9. The van der Waals surface area contributed by atoms with Crippen LogP contribution in [0.15, 0.2) is 12.3 Å². The van der Waals surface area contributed by atoms with E-state index in [0.717, 1.165) is 0 Å². The van der Waals surface area contributed by atoms with Gasteiger partial charge in [-0.3, -0.25) is 4.79 Å². The molecule has 0 aromatic rings. The van der Waals surface area contributed by atoms with Crippen LogP contribution in [0.3, 0.4) is 0 Å². The minimum Gasteiger partial charge on any atom is -0.503 e. The Balaban J connectivity index is 3.58. The molecule has 0 spiro atoms. The van der Waals surface area contributed by atoms with Crippen LogP contribution >= 0.6 is 0 Å². The maximum atomic E-state index is 10.1. The molecule has 0 aliphatic heterocycles. The number of hydrogen-bond acceptors (Lipinski definition) is 2. The van der Waals surface area contributed by atoms with Crippen LogP contribution in [0.4, 0.5) is 0 Å². The number of likely N-dealkylation sites (N-methyl/N-ethyl adjacent to an activating group) is 1. The minimum atomic E-state index is -0.542. The fraction of sp³-hybridized carbons (Fsp3) is 0.250. The lowest BCUT2D eigenvalue weighted by Crippen LogP contribution is -2.18. The van der Waals surface area contributed by atoms with Crippen molar-refractivity contribution >= 4 is 5.91 Å². The van der Waals surface area contributed by atoms with Crippen LogP contribution in [0.1, 0.15) is 0 Å². The van der Waals surface area contributed by atoms with E-state index in [2.05, 4.69) is 11.9 Å². The summed E-state index contributed by atoms with van der Waals surface area (Å²) >= 11 is 0. The first kappa shape index (κ1) is 6.01. The number of aliphatic hydroxyl groups excluding tert-OH is 1. The second kappa shape index (κ2) is 2.23. The van der Waals surface area contributed by atoms with Crippen LogP contribution in [-0.4, -0.2) is 18.1 Å². The van der Waals surface area contributed by atoms with Gasteiger partial charge in [0.2, 0.25) is 0 Å². The van der Waals surface area contributed by atoms with Gasteiger partial charge in [-0.15, -0.1) is 0 Å². The van der Waals surface area contributed by atoms with Gasteiger partial charge in [0, 0.05) is 7.05 Å². The van der Waals surface area contributed by atoms with Gasteiger partial charge in [0.1, 0.15) is 0 Å². The van der Waals surface area contributed by atoms with Crippen LogP contribution in [-0.2, 0) is 4.79 Å². The highest BCUT2D eigenvalue weighted by atomic mass is 16.3. The lowest BCUT2D eigenvalue weighted by Gasteiger charge is -1.90. The third kappa shape index (κ3) is 1.81. The van der Waals surface area contributed by atoms with Crippen molar-refractivity contribution in [2.75, 3.05) is 7.05 Å². The number of aliphatic hydroxyl groups is 1. The molecule has 0 heterocycles. The Morgan fingerprint density at radius 1 is 1.86 bits per heavy atom. The second-order valence-electron chi connectivity index (χ2n) is 1.03. The number of amides is 1. The summed E-state index contributed by atoms with van der Waals surface area (Å²) in [6, 6.07) is 0. The molecule has 3 nitrogen and oxygen atoms in total. The van der Waals surface area contributed by atoms with Gasteiger partial charge in [-0.2, -0.15) is 0 Å². The summed E-state index contributed by atoms with van der Waals surface area (Å²) in [6.07, 6.45) is 0. The molecule has 2 N–H and O–H groups in total. The number of hydrogen-bond donors (Lipinski definition) is 2. The maximum absolute atomic E-state index is 10.1. The number of rotatable bonds is 1. The lowest BCUT2D eigenvalue weighted by atomic mass is 10.5. The molecule has 0 bridgehead atoms. The molecule has 0 rings (SSSR count). The quantitative estimate of drug-likeness (QED) is 0.355. The Kier molecular flexibility index (Phi) is 1.91. The van der Waals surface area contributed by atoms with Crippen molar-refractivity contribution in [3.05, 3.63) is 12.3 Å². The summed E-state index contributed by atoms with van der Waals surface area (Å²) in [5.41, 5.74) is 0. The normalized spacial score (nSPS) is 7.57. The molecule has 40 valence electrons. The van der Waals surface area contributed by atoms with Gasteiger partial charge in [0.05, 0.1) is 0 Å². The SMILES string of the molecule is C=C(O)C(=O)NC. The van der Waals surface area contributed by atoms with Gasteiger partial charge in [-0.05, 0) is 0 Å². The molecule has 0 saturated heterocycles. The van der Waals surface area contributed by atoms with Gasteiger partial charge >= 0.3 is 0 Å². The lowest BCUT2D eigenvalue weighted by molar-refractivity contribution is -0.119. The zero-order chi connectivity index (χ0) is 5.86.